The number of nitrogens with one attached hydrogen (secondary N) is 1. The van der Waals surface area contributed by atoms with Crippen molar-refractivity contribution in [3.8, 4) is 0 Å². The van der Waals surface area contributed by atoms with Crippen LogP contribution in [0.3, 0.4) is 0 Å². The number of carboxylic acid groups (broad SMARTS) is 1. The van der Waals surface area contributed by atoms with Gasteiger partial charge in [-0.2, -0.15) is 0 Å². The Morgan fingerprint density at radius 1 is 1.41 bits per heavy atom. The second-order valence-corrected chi connectivity index (χ2v) is 5.04. The molecule has 0 unspecified atom stereocenters. The molecule has 0 aliphatic rings. The largest absolute Gasteiger partial charge is 0.478 e. The summed E-state index contributed by atoms with van der Waals surface area (Å²) in [6, 6.07) is 6.55. The number of hydrogen-bond donors (Lipinski definition) is 2. The summed E-state index contributed by atoms with van der Waals surface area (Å²) in [5.74, 6) is -0.928. The van der Waals surface area contributed by atoms with Gasteiger partial charge >= 0.3 is 5.97 Å². The number of hydrogen-bond acceptors (Lipinski definition) is 4. The van der Waals surface area contributed by atoms with Crippen molar-refractivity contribution in [3.63, 3.8) is 0 Å². The van der Waals surface area contributed by atoms with Crippen molar-refractivity contribution in [2.24, 2.45) is 0 Å². The first-order valence-electron chi connectivity index (χ1n) is 4.82. The van der Waals surface area contributed by atoms with Crippen molar-refractivity contribution in [2.45, 2.75) is 6.54 Å². The lowest BCUT2D eigenvalue weighted by molar-refractivity contribution is 0.0697. The summed E-state index contributed by atoms with van der Waals surface area (Å²) in [5.41, 5.74) is 1.12. The molecule has 0 amide bonds. The molecule has 0 bridgehead atoms. The Kier molecular flexibility index (Phi) is 3.61. The van der Waals surface area contributed by atoms with E-state index in [1.807, 2.05) is 0 Å². The number of aromatic nitrogens is 1. The predicted molar refractivity (Wildman–Crippen MR) is 67.9 cm³/mol. The minimum absolute atomic E-state index is 0.271. The lowest BCUT2D eigenvalue weighted by Gasteiger charge is -2.04. The Hall–Kier alpha value is -1.59. The van der Waals surface area contributed by atoms with Crippen molar-refractivity contribution in [2.75, 3.05) is 5.32 Å². The highest BCUT2D eigenvalue weighted by Gasteiger charge is 2.02. The highest BCUT2D eigenvalue weighted by molar-refractivity contribution is 7.15. The Balaban J connectivity index is 1.97. The van der Waals surface area contributed by atoms with Crippen molar-refractivity contribution in [3.05, 3.63) is 45.4 Å². The number of aromatic carboxylic acids is 1. The zero-order valence-electron chi connectivity index (χ0n) is 8.68. The molecule has 0 fully saturated rings. The summed E-state index contributed by atoms with van der Waals surface area (Å²) in [7, 11) is 0. The zero-order valence-corrected chi connectivity index (χ0v) is 10.3. The molecule has 2 N–H and O–H groups in total. The topological polar surface area (TPSA) is 62.2 Å². The first-order valence-corrected chi connectivity index (χ1v) is 6.02. The van der Waals surface area contributed by atoms with E-state index in [0.29, 0.717) is 10.9 Å². The highest BCUT2D eigenvalue weighted by Crippen LogP contribution is 2.19. The van der Waals surface area contributed by atoms with Gasteiger partial charge < -0.3 is 10.4 Å². The van der Waals surface area contributed by atoms with Crippen LogP contribution in [-0.4, -0.2) is 16.1 Å². The van der Waals surface area contributed by atoms with Crippen LogP contribution in [-0.2, 0) is 6.54 Å². The van der Waals surface area contributed by atoms with Crippen LogP contribution in [0.25, 0.3) is 0 Å². The molecule has 0 aliphatic carbocycles. The number of rotatable bonds is 4. The monoisotopic (exact) mass is 268 g/mol. The standard InChI is InChI=1S/C11H9ClN2O2S/c12-9-5-14-10(17-9)6-13-8-3-1-7(2-4-8)11(15)16/h1-5,13H,6H2,(H,15,16). The second kappa shape index (κ2) is 5.16. The molecule has 0 radical (unpaired) electrons. The van der Waals surface area contributed by atoms with Gasteiger partial charge in [-0.25, -0.2) is 9.78 Å². The molecule has 0 saturated carbocycles. The molecule has 2 aromatic rings. The molecule has 1 aromatic heterocycles. The second-order valence-electron chi connectivity index (χ2n) is 3.29. The summed E-state index contributed by atoms with van der Waals surface area (Å²) in [5, 5.41) is 12.8. The smallest absolute Gasteiger partial charge is 0.335 e. The van der Waals surface area contributed by atoms with Gasteiger partial charge in [0, 0.05) is 5.69 Å². The van der Waals surface area contributed by atoms with Gasteiger partial charge in [-0.1, -0.05) is 11.6 Å². The average Bonchev–Trinajstić information content (AvgIpc) is 2.73. The van der Waals surface area contributed by atoms with Crippen molar-refractivity contribution in [1.29, 1.82) is 0 Å². The third-order valence-electron chi connectivity index (χ3n) is 2.10. The van der Waals surface area contributed by atoms with Crippen LogP contribution in [0.4, 0.5) is 5.69 Å². The molecule has 1 heterocycles. The van der Waals surface area contributed by atoms with Crippen LogP contribution in [0.5, 0.6) is 0 Å². The van der Waals surface area contributed by atoms with Gasteiger partial charge in [-0.3, -0.25) is 0 Å². The van der Waals surface area contributed by atoms with Gasteiger partial charge in [-0.05, 0) is 24.3 Å². The molecular formula is C11H9ClN2O2S. The first-order chi connectivity index (χ1) is 8.15. The van der Waals surface area contributed by atoms with Gasteiger partial charge in [0.25, 0.3) is 0 Å². The van der Waals surface area contributed by atoms with Crippen LogP contribution in [0.15, 0.2) is 30.5 Å². The lowest BCUT2D eigenvalue weighted by atomic mass is 10.2. The molecule has 2 rings (SSSR count). The Bertz CT molecular complexity index is 525. The lowest BCUT2D eigenvalue weighted by Crippen LogP contribution is -2.00. The summed E-state index contributed by atoms with van der Waals surface area (Å²) >= 11 is 7.17. The molecule has 0 aliphatic heterocycles. The maximum absolute atomic E-state index is 10.7. The number of benzene rings is 1. The maximum atomic E-state index is 10.7. The molecule has 1 aromatic carbocycles. The van der Waals surface area contributed by atoms with E-state index in [1.165, 1.54) is 11.3 Å². The van der Waals surface area contributed by atoms with Crippen molar-refractivity contribution >= 4 is 34.6 Å². The molecule has 17 heavy (non-hydrogen) atoms. The van der Waals surface area contributed by atoms with E-state index in [0.717, 1.165) is 10.7 Å². The number of carbonyl (C=O) groups is 1. The van der Waals surface area contributed by atoms with Crippen LogP contribution >= 0.6 is 22.9 Å². The number of anilines is 1. The molecule has 0 spiro atoms. The fraction of sp³-hybridized carbons (Fsp3) is 0.0909. The van der Waals surface area contributed by atoms with E-state index in [2.05, 4.69) is 10.3 Å². The van der Waals surface area contributed by atoms with Gasteiger partial charge in [-0.15, -0.1) is 11.3 Å². The number of nitrogens with zero attached hydrogens (tertiary/aromatic N) is 1. The van der Waals surface area contributed by atoms with Gasteiger partial charge in [0.1, 0.15) is 9.34 Å². The molecule has 4 nitrogen and oxygen atoms in total. The summed E-state index contributed by atoms with van der Waals surface area (Å²) < 4.78 is 0.656. The van der Waals surface area contributed by atoms with Gasteiger partial charge in [0.05, 0.1) is 18.3 Å². The van der Waals surface area contributed by atoms with E-state index < -0.39 is 5.97 Å². The van der Waals surface area contributed by atoms with E-state index in [-0.39, 0.29) is 5.56 Å². The first kappa shape index (κ1) is 11.9. The van der Waals surface area contributed by atoms with Crippen molar-refractivity contribution < 1.29 is 9.90 Å². The number of carboxylic acids is 1. The minimum Gasteiger partial charge on any atom is -0.478 e. The molecule has 88 valence electrons. The molecule has 6 heteroatoms. The summed E-state index contributed by atoms with van der Waals surface area (Å²) in [6.07, 6.45) is 1.61. The normalized spacial score (nSPS) is 10.2. The third kappa shape index (κ3) is 3.18. The fourth-order valence-corrected chi connectivity index (χ4v) is 2.17. The predicted octanol–water partition coefficient (Wildman–Crippen LogP) is 3.11. The van der Waals surface area contributed by atoms with Gasteiger partial charge in [0.15, 0.2) is 0 Å². The Morgan fingerprint density at radius 3 is 2.65 bits per heavy atom. The molecule has 0 atom stereocenters. The van der Waals surface area contributed by atoms with Crippen LogP contribution in [0, 0.1) is 0 Å². The third-order valence-corrected chi connectivity index (χ3v) is 3.22. The average molecular weight is 269 g/mol. The summed E-state index contributed by atoms with van der Waals surface area (Å²) in [4.78, 5) is 14.8. The van der Waals surface area contributed by atoms with E-state index >= 15 is 0 Å². The highest BCUT2D eigenvalue weighted by atomic mass is 35.5. The molecular weight excluding hydrogens is 260 g/mol. The number of thiazole rings is 1. The quantitative estimate of drug-likeness (QED) is 0.894. The minimum atomic E-state index is -0.928. The van der Waals surface area contributed by atoms with Crippen molar-refractivity contribution in [1.82, 2.24) is 4.98 Å². The van der Waals surface area contributed by atoms with Crippen LogP contribution in [0.2, 0.25) is 4.34 Å². The van der Waals surface area contributed by atoms with Crippen LogP contribution < -0.4 is 5.32 Å². The number of halogens is 1. The zero-order chi connectivity index (χ0) is 12.3. The fourth-order valence-electron chi connectivity index (χ4n) is 1.28. The van der Waals surface area contributed by atoms with E-state index in [9.17, 15) is 4.79 Å². The van der Waals surface area contributed by atoms with E-state index in [1.54, 1.807) is 30.5 Å². The Morgan fingerprint density at radius 2 is 2.12 bits per heavy atom. The van der Waals surface area contributed by atoms with Gasteiger partial charge in [0.2, 0.25) is 0 Å². The Labute approximate surface area is 107 Å². The summed E-state index contributed by atoms with van der Waals surface area (Å²) in [6.45, 7) is 0.573. The SMILES string of the molecule is O=C(O)c1ccc(NCc2ncc(Cl)s2)cc1. The van der Waals surface area contributed by atoms with Crippen LogP contribution in [0.1, 0.15) is 15.4 Å². The maximum Gasteiger partial charge on any atom is 0.335 e. The van der Waals surface area contributed by atoms with E-state index in [4.69, 9.17) is 16.7 Å². The molecule has 0 saturated heterocycles.